The fourth-order valence-corrected chi connectivity index (χ4v) is 4.02. The summed E-state index contributed by atoms with van der Waals surface area (Å²) in [5.74, 6) is 0.773. The number of benzene rings is 1. The molecule has 2 fully saturated rings. The van der Waals surface area contributed by atoms with Crippen LogP contribution >= 0.6 is 0 Å². The summed E-state index contributed by atoms with van der Waals surface area (Å²) in [4.78, 5) is 19.5. The summed E-state index contributed by atoms with van der Waals surface area (Å²) in [6.45, 7) is 14.3. The predicted molar refractivity (Wildman–Crippen MR) is 112 cm³/mol. The highest BCUT2D eigenvalue weighted by Crippen LogP contribution is 2.09. The Morgan fingerprint density at radius 1 is 1.07 bits per heavy atom. The maximum Gasteiger partial charge on any atom is 0.234 e. The van der Waals surface area contributed by atoms with E-state index in [2.05, 4.69) is 64.2 Å². The minimum atomic E-state index is 0.110. The standard InChI is InChI=1S/C22H36N4O2/c1-19(2)15-26-12-13-28-21(17-26)14-23-22(27)18-25-10-8-24(9-11-25)16-20-6-4-3-5-7-20/h3-7,19,21H,8-18H2,1-2H3,(H,23,27). The molecule has 1 amide bonds. The van der Waals surface area contributed by atoms with Gasteiger partial charge in [0.25, 0.3) is 0 Å². The second kappa shape index (κ2) is 10.9. The van der Waals surface area contributed by atoms with Gasteiger partial charge in [-0.05, 0) is 11.5 Å². The average Bonchev–Trinajstić information content (AvgIpc) is 2.69. The number of rotatable bonds is 8. The maximum atomic E-state index is 12.4. The lowest BCUT2D eigenvalue weighted by atomic mass is 10.2. The van der Waals surface area contributed by atoms with Gasteiger partial charge in [-0.1, -0.05) is 44.2 Å². The summed E-state index contributed by atoms with van der Waals surface area (Å²) in [6.07, 6.45) is 0.110. The van der Waals surface area contributed by atoms with Crippen molar-refractivity contribution < 1.29 is 9.53 Å². The second-order valence-corrected chi connectivity index (χ2v) is 8.49. The van der Waals surface area contributed by atoms with Crippen LogP contribution in [0.15, 0.2) is 30.3 Å². The Balaban J connectivity index is 1.31. The van der Waals surface area contributed by atoms with E-state index in [4.69, 9.17) is 4.74 Å². The first-order valence-corrected chi connectivity index (χ1v) is 10.7. The summed E-state index contributed by atoms with van der Waals surface area (Å²) in [7, 11) is 0. The number of morpholine rings is 1. The fourth-order valence-electron chi connectivity index (χ4n) is 4.02. The van der Waals surface area contributed by atoms with Crippen LogP contribution < -0.4 is 5.32 Å². The SMILES string of the molecule is CC(C)CN1CCOC(CNC(=O)CN2CCN(Cc3ccccc3)CC2)C1. The van der Waals surface area contributed by atoms with Crippen LogP contribution in [0.25, 0.3) is 0 Å². The fraction of sp³-hybridized carbons (Fsp3) is 0.682. The normalized spacial score (nSPS) is 22.5. The van der Waals surface area contributed by atoms with Gasteiger partial charge in [-0.15, -0.1) is 0 Å². The summed E-state index contributed by atoms with van der Waals surface area (Å²) in [5, 5.41) is 3.08. The van der Waals surface area contributed by atoms with Crippen molar-refractivity contribution in [1.82, 2.24) is 20.0 Å². The van der Waals surface area contributed by atoms with Gasteiger partial charge in [-0.3, -0.25) is 19.5 Å². The Morgan fingerprint density at radius 2 is 1.79 bits per heavy atom. The van der Waals surface area contributed by atoms with Crippen LogP contribution in [0.2, 0.25) is 0 Å². The molecule has 28 heavy (non-hydrogen) atoms. The molecule has 1 N–H and O–H groups in total. The molecule has 2 aliphatic rings. The van der Waals surface area contributed by atoms with Gasteiger partial charge in [0, 0.05) is 58.9 Å². The van der Waals surface area contributed by atoms with E-state index < -0.39 is 0 Å². The van der Waals surface area contributed by atoms with Crippen LogP contribution in [0.1, 0.15) is 19.4 Å². The molecule has 1 unspecified atom stereocenters. The zero-order chi connectivity index (χ0) is 19.8. The van der Waals surface area contributed by atoms with E-state index in [1.54, 1.807) is 0 Å². The number of amides is 1. The highest BCUT2D eigenvalue weighted by Gasteiger charge is 2.23. The highest BCUT2D eigenvalue weighted by atomic mass is 16.5. The molecule has 6 nitrogen and oxygen atoms in total. The number of piperazine rings is 1. The van der Waals surface area contributed by atoms with Crippen molar-refractivity contribution in [2.45, 2.75) is 26.5 Å². The Hall–Kier alpha value is -1.47. The third kappa shape index (κ3) is 7.17. The van der Waals surface area contributed by atoms with Crippen molar-refractivity contribution in [3.8, 4) is 0 Å². The van der Waals surface area contributed by atoms with Crippen molar-refractivity contribution in [1.29, 1.82) is 0 Å². The van der Waals surface area contributed by atoms with E-state index >= 15 is 0 Å². The van der Waals surface area contributed by atoms with Crippen LogP contribution in [0.5, 0.6) is 0 Å². The number of carbonyl (C=O) groups excluding carboxylic acids is 1. The van der Waals surface area contributed by atoms with Gasteiger partial charge < -0.3 is 10.1 Å². The molecule has 0 radical (unpaired) electrons. The van der Waals surface area contributed by atoms with Gasteiger partial charge in [0.1, 0.15) is 0 Å². The summed E-state index contributed by atoms with van der Waals surface area (Å²) < 4.78 is 5.82. The second-order valence-electron chi connectivity index (χ2n) is 8.49. The molecule has 1 aromatic rings. The van der Waals surface area contributed by atoms with E-state index in [1.807, 2.05) is 0 Å². The molecule has 0 aliphatic carbocycles. The molecule has 1 atom stereocenters. The smallest absolute Gasteiger partial charge is 0.234 e. The van der Waals surface area contributed by atoms with Crippen molar-refractivity contribution >= 4 is 5.91 Å². The number of nitrogens with one attached hydrogen (secondary N) is 1. The molecule has 6 heteroatoms. The molecule has 0 aromatic heterocycles. The molecule has 0 bridgehead atoms. The minimum Gasteiger partial charge on any atom is -0.374 e. The number of carbonyl (C=O) groups is 1. The number of hydrogen-bond acceptors (Lipinski definition) is 5. The van der Waals surface area contributed by atoms with E-state index in [0.29, 0.717) is 19.0 Å². The van der Waals surface area contributed by atoms with E-state index in [0.717, 1.165) is 59.0 Å². The molecule has 2 saturated heterocycles. The highest BCUT2D eigenvalue weighted by molar-refractivity contribution is 5.78. The zero-order valence-corrected chi connectivity index (χ0v) is 17.5. The molecular weight excluding hydrogens is 352 g/mol. The Bertz CT molecular complexity index is 587. The number of hydrogen-bond donors (Lipinski definition) is 1. The topological polar surface area (TPSA) is 48.1 Å². The van der Waals surface area contributed by atoms with E-state index in [-0.39, 0.29) is 12.0 Å². The zero-order valence-electron chi connectivity index (χ0n) is 17.5. The lowest BCUT2D eigenvalue weighted by Crippen LogP contribution is -2.51. The quantitative estimate of drug-likeness (QED) is 0.727. The van der Waals surface area contributed by atoms with E-state index in [1.165, 1.54) is 5.56 Å². The lowest BCUT2D eigenvalue weighted by molar-refractivity contribution is -0.124. The number of nitrogens with zero attached hydrogens (tertiary/aromatic N) is 3. The summed E-state index contributed by atoms with van der Waals surface area (Å²) in [5.41, 5.74) is 1.35. The molecule has 2 heterocycles. The first-order chi connectivity index (χ1) is 13.6. The molecule has 0 saturated carbocycles. The monoisotopic (exact) mass is 388 g/mol. The van der Waals surface area contributed by atoms with Gasteiger partial charge >= 0.3 is 0 Å². The average molecular weight is 389 g/mol. The maximum absolute atomic E-state index is 12.4. The third-order valence-electron chi connectivity index (χ3n) is 5.45. The first-order valence-electron chi connectivity index (χ1n) is 10.7. The Morgan fingerprint density at radius 3 is 2.50 bits per heavy atom. The predicted octanol–water partition coefficient (Wildman–Crippen LogP) is 1.28. The molecular formula is C22H36N4O2. The van der Waals surface area contributed by atoms with E-state index in [9.17, 15) is 4.79 Å². The van der Waals surface area contributed by atoms with Crippen LogP contribution in [0.3, 0.4) is 0 Å². The first kappa shape index (κ1) is 21.2. The third-order valence-corrected chi connectivity index (χ3v) is 5.45. The summed E-state index contributed by atoms with van der Waals surface area (Å²) in [6, 6.07) is 10.6. The van der Waals surface area contributed by atoms with Gasteiger partial charge in [0.2, 0.25) is 5.91 Å². The van der Waals surface area contributed by atoms with Crippen LogP contribution in [0.4, 0.5) is 0 Å². The van der Waals surface area contributed by atoms with Crippen molar-refractivity contribution in [3.05, 3.63) is 35.9 Å². The Labute approximate surface area is 169 Å². The number of ether oxygens (including phenoxy) is 1. The molecule has 156 valence electrons. The van der Waals surface area contributed by atoms with Gasteiger partial charge in [0.05, 0.1) is 19.3 Å². The van der Waals surface area contributed by atoms with Gasteiger partial charge in [-0.25, -0.2) is 0 Å². The van der Waals surface area contributed by atoms with Crippen molar-refractivity contribution in [3.63, 3.8) is 0 Å². The largest absolute Gasteiger partial charge is 0.374 e. The Kier molecular flexibility index (Phi) is 8.27. The van der Waals surface area contributed by atoms with Crippen LogP contribution in [-0.4, -0.2) is 92.2 Å². The van der Waals surface area contributed by atoms with Crippen molar-refractivity contribution in [2.75, 3.05) is 65.5 Å². The molecule has 3 rings (SSSR count). The van der Waals surface area contributed by atoms with Crippen molar-refractivity contribution in [2.24, 2.45) is 5.92 Å². The summed E-state index contributed by atoms with van der Waals surface area (Å²) >= 11 is 0. The lowest BCUT2D eigenvalue weighted by Gasteiger charge is -2.35. The van der Waals surface area contributed by atoms with Gasteiger partial charge in [0.15, 0.2) is 0 Å². The minimum absolute atomic E-state index is 0.110. The molecule has 1 aromatic carbocycles. The molecule has 2 aliphatic heterocycles. The van der Waals surface area contributed by atoms with Gasteiger partial charge in [-0.2, -0.15) is 0 Å². The van der Waals surface area contributed by atoms with Crippen LogP contribution in [0, 0.1) is 5.92 Å². The molecule has 0 spiro atoms. The van der Waals surface area contributed by atoms with Crippen LogP contribution in [-0.2, 0) is 16.1 Å².